The van der Waals surface area contributed by atoms with Gasteiger partial charge in [0.15, 0.2) is 0 Å². The van der Waals surface area contributed by atoms with Gasteiger partial charge in [-0.05, 0) is 55.5 Å². The first-order valence-corrected chi connectivity index (χ1v) is 7.65. The maximum absolute atomic E-state index is 12.5. The van der Waals surface area contributed by atoms with Gasteiger partial charge in [-0.1, -0.05) is 6.07 Å². The molecule has 0 saturated heterocycles. The number of carbonyl (C=O) groups excluding carboxylic acids is 1. The molecule has 3 rings (SSSR count). The molecule has 0 atom stereocenters. The third-order valence-electron chi connectivity index (χ3n) is 3.94. The van der Waals surface area contributed by atoms with Crippen LogP contribution in [0.5, 0.6) is 0 Å². The van der Waals surface area contributed by atoms with E-state index < -0.39 is 0 Å². The van der Waals surface area contributed by atoms with Gasteiger partial charge in [0.1, 0.15) is 0 Å². The molecule has 0 aliphatic heterocycles. The molecule has 4 nitrogen and oxygen atoms in total. The maximum atomic E-state index is 12.5. The molecule has 0 radical (unpaired) electrons. The number of hydrogen-bond donors (Lipinski definition) is 1. The van der Waals surface area contributed by atoms with Crippen molar-refractivity contribution < 1.29 is 4.79 Å². The number of fused-ring (bicyclic) bond motifs is 1. The first-order valence-electron chi connectivity index (χ1n) is 7.65. The Morgan fingerprint density at radius 1 is 1.09 bits per heavy atom. The van der Waals surface area contributed by atoms with Crippen LogP contribution in [-0.2, 0) is 0 Å². The van der Waals surface area contributed by atoms with Gasteiger partial charge in [-0.2, -0.15) is 0 Å². The van der Waals surface area contributed by atoms with E-state index in [0.29, 0.717) is 5.56 Å². The predicted octanol–water partition coefficient (Wildman–Crippen LogP) is 3.94. The minimum atomic E-state index is -0.118. The molecular formula is C19H19N3O. The van der Waals surface area contributed by atoms with Gasteiger partial charge in [0.2, 0.25) is 0 Å². The van der Waals surface area contributed by atoms with Crippen molar-refractivity contribution in [2.75, 3.05) is 23.8 Å². The van der Waals surface area contributed by atoms with Crippen molar-refractivity contribution in [3.63, 3.8) is 0 Å². The zero-order valence-corrected chi connectivity index (χ0v) is 13.3. The molecule has 1 N–H and O–H groups in total. The fourth-order valence-electron chi connectivity index (χ4n) is 2.46. The molecular weight excluding hydrogens is 286 g/mol. The fourth-order valence-corrected chi connectivity index (χ4v) is 2.46. The van der Waals surface area contributed by atoms with E-state index in [4.69, 9.17) is 0 Å². The maximum Gasteiger partial charge on any atom is 0.255 e. The van der Waals surface area contributed by atoms with Crippen LogP contribution >= 0.6 is 0 Å². The first-order chi connectivity index (χ1) is 11.2. The summed E-state index contributed by atoms with van der Waals surface area (Å²) in [5, 5.41) is 3.91. The van der Waals surface area contributed by atoms with Crippen LogP contribution in [0.15, 0.2) is 60.8 Å². The van der Waals surface area contributed by atoms with E-state index in [9.17, 15) is 4.79 Å². The number of amides is 1. The molecule has 3 aromatic rings. The topological polar surface area (TPSA) is 45.2 Å². The number of rotatable bonds is 4. The van der Waals surface area contributed by atoms with Crippen LogP contribution in [0.25, 0.3) is 10.9 Å². The highest BCUT2D eigenvalue weighted by atomic mass is 16.1. The lowest BCUT2D eigenvalue weighted by atomic mass is 10.1. The molecule has 0 bridgehead atoms. The second-order valence-electron chi connectivity index (χ2n) is 5.39. The molecule has 1 heterocycles. The highest BCUT2D eigenvalue weighted by Gasteiger charge is 2.09. The number of aromatic nitrogens is 1. The summed E-state index contributed by atoms with van der Waals surface area (Å²) in [7, 11) is 2.03. The third kappa shape index (κ3) is 3.16. The highest BCUT2D eigenvalue weighted by molar-refractivity contribution is 6.08. The molecule has 0 aliphatic rings. The van der Waals surface area contributed by atoms with Crippen LogP contribution in [0.2, 0.25) is 0 Å². The van der Waals surface area contributed by atoms with Crippen LogP contribution in [0.4, 0.5) is 11.4 Å². The predicted molar refractivity (Wildman–Crippen MR) is 95.1 cm³/mol. The van der Waals surface area contributed by atoms with Gasteiger partial charge in [0, 0.05) is 36.4 Å². The lowest BCUT2D eigenvalue weighted by Crippen LogP contribution is -2.16. The molecule has 1 aromatic heterocycles. The van der Waals surface area contributed by atoms with Gasteiger partial charge in [0.05, 0.1) is 11.2 Å². The Kier molecular flexibility index (Phi) is 4.24. The van der Waals surface area contributed by atoms with Crippen LogP contribution in [-0.4, -0.2) is 24.5 Å². The van der Waals surface area contributed by atoms with E-state index in [-0.39, 0.29) is 5.91 Å². The van der Waals surface area contributed by atoms with Gasteiger partial charge < -0.3 is 10.2 Å². The summed E-state index contributed by atoms with van der Waals surface area (Å²) in [5.41, 5.74) is 3.37. The Morgan fingerprint density at radius 2 is 1.87 bits per heavy atom. The fraction of sp³-hybridized carbons (Fsp3) is 0.158. The molecule has 0 fully saturated rings. The number of pyridine rings is 1. The van der Waals surface area contributed by atoms with E-state index in [1.54, 1.807) is 6.20 Å². The number of anilines is 2. The first kappa shape index (κ1) is 15.0. The number of nitrogens with zero attached hydrogens (tertiary/aromatic N) is 2. The largest absolute Gasteiger partial charge is 0.375 e. The zero-order valence-electron chi connectivity index (χ0n) is 13.3. The quantitative estimate of drug-likeness (QED) is 0.794. The smallest absolute Gasteiger partial charge is 0.255 e. The summed E-state index contributed by atoms with van der Waals surface area (Å²) in [4.78, 5) is 18.9. The molecule has 0 saturated carbocycles. The van der Waals surface area contributed by atoms with Gasteiger partial charge >= 0.3 is 0 Å². The van der Waals surface area contributed by atoms with E-state index in [1.165, 1.54) is 0 Å². The highest BCUT2D eigenvalue weighted by Crippen LogP contribution is 2.22. The van der Waals surface area contributed by atoms with Crippen molar-refractivity contribution in [2.24, 2.45) is 0 Å². The van der Waals surface area contributed by atoms with Crippen molar-refractivity contribution in [3.05, 3.63) is 66.4 Å². The minimum Gasteiger partial charge on any atom is -0.375 e. The molecule has 0 unspecified atom stereocenters. The Labute approximate surface area is 135 Å². The van der Waals surface area contributed by atoms with Crippen LogP contribution in [0.1, 0.15) is 17.3 Å². The average Bonchev–Trinajstić information content (AvgIpc) is 2.61. The third-order valence-corrected chi connectivity index (χ3v) is 3.94. The Hall–Kier alpha value is -2.88. The average molecular weight is 305 g/mol. The number of benzene rings is 2. The molecule has 4 heteroatoms. The van der Waals surface area contributed by atoms with E-state index >= 15 is 0 Å². The molecule has 116 valence electrons. The standard InChI is InChI=1S/C19H19N3O/c1-3-22(2)15-11-9-14(10-12-15)19(23)21-18-8-4-7-17-16(18)6-5-13-20-17/h4-13H,3H2,1-2H3,(H,21,23). The SMILES string of the molecule is CCN(C)c1ccc(C(=O)Nc2cccc3ncccc23)cc1. The summed E-state index contributed by atoms with van der Waals surface area (Å²) in [6, 6.07) is 17.2. The lowest BCUT2D eigenvalue weighted by Gasteiger charge is -2.16. The lowest BCUT2D eigenvalue weighted by molar-refractivity contribution is 0.102. The summed E-state index contributed by atoms with van der Waals surface area (Å²) in [6.07, 6.45) is 1.75. The molecule has 2 aromatic carbocycles. The van der Waals surface area contributed by atoms with Gasteiger partial charge in [-0.15, -0.1) is 0 Å². The van der Waals surface area contributed by atoms with Gasteiger partial charge in [0.25, 0.3) is 5.91 Å². The molecule has 23 heavy (non-hydrogen) atoms. The van der Waals surface area contributed by atoms with Gasteiger partial charge in [-0.3, -0.25) is 9.78 Å². The Bertz CT molecular complexity index is 822. The second-order valence-corrected chi connectivity index (χ2v) is 5.39. The van der Waals surface area contributed by atoms with E-state index in [1.807, 2.05) is 61.6 Å². The number of carbonyl (C=O) groups is 1. The molecule has 1 amide bonds. The Balaban J connectivity index is 1.83. The zero-order chi connectivity index (χ0) is 16.2. The second kappa shape index (κ2) is 6.48. The molecule has 0 aliphatic carbocycles. The summed E-state index contributed by atoms with van der Waals surface area (Å²) in [5.74, 6) is -0.118. The Morgan fingerprint density at radius 3 is 2.61 bits per heavy atom. The van der Waals surface area contributed by atoms with Crippen molar-refractivity contribution in [2.45, 2.75) is 6.92 Å². The minimum absolute atomic E-state index is 0.118. The normalized spacial score (nSPS) is 10.5. The van der Waals surface area contributed by atoms with E-state index in [2.05, 4.69) is 22.1 Å². The monoisotopic (exact) mass is 305 g/mol. The van der Waals surface area contributed by atoms with Crippen LogP contribution in [0, 0.1) is 0 Å². The summed E-state index contributed by atoms with van der Waals surface area (Å²) in [6.45, 7) is 3.02. The van der Waals surface area contributed by atoms with Crippen LogP contribution < -0.4 is 10.2 Å². The van der Waals surface area contributed by atoms with Crippen molar-refractivity contribution >= 4 is 28.2 Å². The molecule has 0 spiro atoms. The number of hydrogen-bond acceptors (Lipinski definition) is 3. The van der Waals surface area contributed by atoms with Crippen molar-refractivity contribution in [1.82, 2.24) is 4.98 Å². The summed E-state index contributed by atoms with van der Waals surface area (Å²) < 4.78 is 0. The number of nitrogens with one attached hydrogen (secondary N) is 1. The summed E-state index contributed by atoms with van der Waals surface area (Å²) >= 11 is 0. The van der Waals surface area contributed by atoms with E-state index in [0.717, 1.165) is 28.8 Å². The van der Waals surface area contributed by atoms with Crippen LogP contribution in [0.3, 0.4) is 0 Å². The van der Waals surface area contributed by atoms with Crippen molar-refractivity contribution in [3.8, 4) is 0 Å². The van der Waals surface area contributed by atoms with Crippen molar-refractivity contribution in [1.29, 1.82) is 0 Å². The van der Waals surface area contributed by atoms with Gasteiger partial charge in [-0.25, -0.2) is 0 Å².